The average molecular weight is 346 g/mol. The zero-order chi connectivity index (χ0) is 14.2. The maximum absolute atomic E-state index is 5.75. The Bertz CT molecular complexity index is 798. The van der Waals surface area contributed by atoms with Crippen LogP contribution in [-0.2, 0) is 6.61 Å². The highest BCUT2D eigenvalue weighted by molar-refractivity contribution is 9.10. The quantitative estimate of drug-likeness (QED) is 0.718. The number of benzene rings is 1. The summed E-state index contributed by atoms with van der Waals surface area (Å²) < 4.78 is 11.8. The van der Waals surface area contributed by atoms with Crippen molar-refractivity contribution >= 4 is 26.8 Å². The van der Waals surface area contributed by atoms with Gasteiger partial charge in [-0.1, -0.05) is 23.4 Å². The van der Waals surface area contributed by atoms with Crippen molar-refractivity contribution in [3.8, 4) is 5.75 Å². The number of para-hydroxylation sites is 1. The van der Waals surface area contributed by atoms with Crippen molar-refractivity contribution in [2.75, 3.05) is 0 Å². The van der Waals surface area contributed by atoms with Crippen molar-refractivity contribution in [3.63, 3.8) is 0 Å². The molecule has 21 heavy (non-hydrogen) atoms. The highest BCUT2D eigenvalue weighted by atomic mass is 79.9. The Morgan fingerprint density at radius 2 is 2.14 bits per heavy atom. The van der Waals surface area contributed by atoms with Gasteiger partial charge in [-0.3, -0.25) is 4.98 Å². The van der Waals surface area contributed by atoms with Gasteiger partial charge in [0.25, 0.3) is 0 Å². The van der Waals surface area contributed by atoms with Crippen LogP contribution < -0.4 is 4.74 Å². The monoisotopic (exact) mass is 345 g/mol. The molecule has 1 aliphatic rings. The van der Waals surface area contributed by atoms with Gasteiger partial charge < -0.3 is 9.26 Å². The molecule has 6 heteroatoms. The molecule has 0 unspecified atom stereocenters. The number of aromatic nitrogens is 3. The Balaban J connectivity index is 1.54. The van der Waals surface area contributed by atoms with Gasteiger partial charge in [-0.05, 0) is 34.8 Å². The summed E-state index contributed by atoms with van der Waals surface area (Å²) in [4.78, 5) is 8.72. The molecule has 3 aromatic rings. The second-order valence-corrected chi connectivity index (χ2v) is 5.86. The number of rotatable bonds is 4. The van der Waals surface area contributed by atoms with E-state index in [-0.39, 0.29) is 6.61 Å². The molecule has 2 heterocycles. The first-order chi connectivity index (χ1) is 10.3. The van der Waals surface area contributed by atoms with Crippen molar-refractivity contribution in [2.24, 2.45) is 0 Å². The molecule has 1 saturated carbocycles. The molecule has 0 saturated heterocycles. The fraction of sp³-hybridized carbons (Fsp3) is 0.267. The van der Waals surface area contributed by atoms with Crippen LogP contribution in [0.15, 0.2) is 39.5 Å². The molecule has 0 bridgehead atoms. The third-order valence-electron chi connectivity index (χ3n) is 3.44. The van der Waals surface area contributed by atoms with Crippen LogP contribution in [0.4, 0.5) is 0 Å². The highest BCUT2D eigenvalue weighted by Gasteiger charge is 2.29. The van der Waals surface area contributed by atoms with Gasteiger partial charge in [-0.15, -0.1) is 0 Å². The number of ether oxygens (including phenoxy) is 1. The van der Waals surface area contributed by atoms with Gasteiger partial charge in [-0.2, -0.15) is 4.98 Å². The van der Waals surface area contributed by atoms with Crippen molar-refractivity contribution in [1.82, 2.24) is 15.1 Å². The molecule has 5 nitrogen and oxygen atoms in total. The molecule has 0 atom stereocenters. The summed E-state index contributed by atoms with van der Waals surface area (Å²) in [6, 6.07) is 7.89. The van der Waals surface area contributed by atoms with E-state index in [1.807, 2.05) is 24.3 Å². The van der Waals surface area contributed by atoms with E-state index in [0.29, 0.717) is 17.5 Å². The SMILES string of the molecule is Brc1c(OCc2noc(C3CC3)n2)cnc2ccccc12. The van der Waals surface area contributed by atoms with Crippen molar-refractivity contribution < 1.29 is 9.26 Å². The van der Waals surface area contributed by atoms with Gasteiger partial charge in [0.1, 0.15) is 0 Å². The standard InChI is InChI=1S/C15H12BrN3O2/c16-14-10-3-1-2-4-11(10)17-7-12(14)20-8-13-18-15(21-19-13)9-5-6-9/h1-4,7,9H,5-6,8H2. The third kappa shape index (κ3) is 2.51. The minimum absolute atomic E-state index is 0.273. The molecule has 1 fully saturated rings. The topological polar surface area (TPSA) is 61.0 Å². The third-order valence-corrected chi connectivity index (χ3v) is 4.26. The van der Waals surface area contributed by atoms with E-state index in [1.165, 1.54) is 0 Å². The number of halogens is 1. The van der Waals surface area contributed by atoms with Gasteiger partial charge in [0.05, 0.1) is 16.2 Å². The predicted octanol–water partition coefficient (Wildman–Crippen LogP) is 3.84. The lowest BCUT2D eigenvalue weighted by molar-refractivity contribution is 0.283. The Kier molecular flexibility index (Phi) is 3.11. The maximum atomic E-state index is 5.75. The second-order valence-electron chi connectivity index (χ2n) is 5.07. The predicted molar refractivity (Wildman–Crippen MR) is 80.0 cm³/mol. The zero-order valence-corrected chi connectivity index (χ0v) is 12.7. The molecule has 0 aliphatic heterocycles. The summed E-state index contributed by atoms with van der Waals surface area (Å²) in [5.74, 6) is 2.42. The Hall–Kier alpha value is -1.95. The van der Waals surface area contributed by atoms with Gasteiger partial charge in [0.15, 0.2) is 12.4 Å². The largest absolute Gasteiger partial charge is 0.483 e. The molecular weight excluding hydrogens is 334 g/mol. The fourth-order valence-electron chi connectivity index (χ4n) is 2.15. The molecule has 106 valence electrons. The van der Waals surface area contributed by atoms with Crippen LogP contribution in [0.1, 0.15) is 30.5 Å². The van der Waals surface area contributed by atoms with E-state index in [2.05, 4.69) is 31.1 Å². The second kappa shape index (κ2) is 5.11. The minimum atomic E-state index is 0.273. The molecule has 4 rings (SSSR count). The Morgan fingerprint density at radius 3 is 3.00 bits per heavy atom. The van der Waals surface area contributed by atoms with E-state index >= 15 is 0 Å². The first-order valence-corrected chi connectivity index (χ1v) is 7.59. The lowest BCUT2D eigenvalue weighted by Gasteiger charge is -2.07. The molecule has 0 N–H and O–H groups in total. The van der Waals surface area contributed by atoms with Crippen molar-refractivity contribution in [2.45, 2.75) is 25.4 Å². The average Bonchev–Trinajstić information content (AvgIpc) is 3.26. The van der Waals surface area contributed by atoms with Crippen molar-refractivity contribution in [3.05, 3.63) is 46.7 Å². The van der Waals surface area contributed by atoms with Crippen LogP contribution in [0.2, 0.25) is 0 Å². The number of hydrogen-bond donors (Lipinski definition) is 0. The number of fused-ring (bicyclic) bond motifs is 1. The summed E-state index contributed by atoms with van der Waals surface area (Å²) >= 11 is 3.56. The van der Waals surface area contributed by atoms with Crippen LogP contribution in [0.3, 0.4) is 0 Å². The molecule has 1 aromatic carbocycles. The van der Waals surface area contributed by atoms with Gasteiger partial charge in [0.2, 0.25) is 11.7 Å². The van der Waals surface area contributed by atoms with Gasteiger partial charge in [0, 0.05) is 11.3 Å². The normalized spacial score (nSPS) is 14.5. The molecule has 2 aromatic heterocycles. The molecule has 0 spiro atoms. The van der Waals surface area contributed by atoms with E-state index in [9.17, 15) is 0 Å². The van der Waals surface area contributed by atoms with Crippen LogP contribution in [0, 0.1) is 0 Å². The minimum Gasteiger partial charge on any atom is -0.483 e. The van der Waals surface area contributed by atoms with Gasteiger partial charge in [-0.25, -0.2) is 0 Å². The number of hydrogen-bond acceptors (Lipinski definition) is 5. The van der Waals surface area contributed by atoms with Gasteiger partial charge >= 0.3 is 0 Å². The van der Waals surface area contributed by atoms with E-state index in [0.717, 1.165) is 34.1 Å². The lowest BCUT2D eigenvalue weighted by atomic mass is 10.2. The number of nitrogens with zero attached hydrogens (tertiary/aromatic N) is 3. The maximum Gasteiger partial charge on any atom is 0.229 e. The highest BCUT2D eigenvalue weighted by Crippen LogP contribution is 2.39. The first-order valence-electron chi connectivity index (χ1n) is 6.80. The van der Waals surface area contributed by atoms with E-state index in [1.54, 1.807) is 6.20 Å². The Morgan fingerprint density at radius 1 is 1.29 bits per heavy atom. The summed E-state index contributed by atoms with van der Waals surface area (Å²) in [6.07, 6.45) is 3.99. The van der Waals surface area contributed by atoms with E-state index < -0.39 is 0 Å². The van der Waals surface area contributed by atoms with Crippen molar-refractivity contribution in [1.29, 1.82) is 0 Å². The fourth-order valence-corrected chi connectivity index (χ4v) is 2.71. The van der Waals surface area contributed by atoms with Crippen LogP contribution in [-0.4, -0.2) is 15.1 Å². The Labute approximate surface area is 129 Å². The molecule has 0 amide bonds. The number of pyridine rings is 1. The smallest absolute Gasteiger partial charge is 0.229 e. The van der Waals surface area contributed by atoms with Crippen LogP contribution >= 0.6 is 15.9 Å². The summed E-state index contributed by atoms with van der Waals surface area (Å²) in [6.45, 7) is 0.273. The summed E-state index contributed by atoms with van der Waals surface area (Å²) in [5, 5.41) is 4.95. The van der Waals surface area contributed by atoms with Crippen LogP contribution in [0.5, 0.6) is 5.75 Å². The first kappa shape index (κ1) is 12.8. The van der Waals surface area contributed by atoms with E-state index in [4.69, 9.17) is 9.26 Å². The summed E-state index contributed by atoms with van der Waals surface area (Å²) in [5.41, 5.74) is 0.923. The van der Waals surface area contributed by atoms with Crippen LogP contribution in [0.25, 0.3) is 10.9 Å². The lowest BCUT2D eigenvalue weighted by Crippen LogP contribution is -1.99. The summed E-state index contributed by atoms with van der Waals surface area (Å²) in [7, 11) is 0. The zero-order valence-electron chi connectivity index (χ0n) is 11.1. The molecule has 0 radical (unpaired) electrons. The molecule has 1 aliphatic carbocycles. The molecular formula is C15H12BrN3O2.